The summed E-state index contributed by atoms with van der Waals surface area (Å²) in [5.41, 5.74) is 1.44. The lowest BCUT2D eigenvalue weighted by atomic mass is 10.2. The standard InChI is InChI=1S/C24H17ClN4O3S2/c25-18-2-1-3-19(11-18)29-15-21(13-28-29)34(31,32)20-6-4-16(5-7-20)12-27-24(30)22-10-17-8-9-26-14-23(17)33-22/h1-11,13-15H,12H2,(H,27,30). The van der Waals surface area contributed by atoms with Crippen molar-refractivity contribution < 1.29 is 13.2 Å². The summed E-state index contributed by atoms with van der Waals surface area (Å²) < 4.78 is 28.5. The number of benzene rings is 2. The molecule has 0 spiro atoms. The number of amides is 1. The van der Waals surface area contributed by atoms with E-state index in [1.54, 1.807) is 48.8 Å². The number of nitrogens with zero attached hydrogens (tertiary/aromatic N) is 3. The van der Waals surface area contributed by atoms with Crippen molar-refractivity contribution in [1.82, 2.24) is 20.1 Å². The molecule has 5 aromatic rings. The van der Waals surface area contributed by atoms with Crippen molar-refractivity contribution in [2.45, 2.75) is 16.3 Å². The van der Waals surface area contributed by atoms with E-state index in [0.717, 1.165) is 15.6 Å². The average Bonchev–Trinajstić information content (AvgIpc) is 3.51. The normalized spacial score (nSPS) is 11.6. The zero-order valence-corrected chi connectivity index (χ0v) is 19.9. The Morgan fingerprint density at radius 1 is 1.03 bits per heavy atom. The second kappa shape index (κ2) is 9.02. The molecule has 0 unspecified atom stereocenters. The van der Waals surface area contributed by atoms with Gasteiger partial charge >= 0.3 is 0 Å². The Labute approximate surface area is 204 Å². The highest BCUT2D eigenvalue weighted by molar-refractivity contribution is 7.91. The summed E-state index contributed by atoms with van der Waals surface area (Å²) >= 11 is 7.39. The summed E-state index contributed by atoms with van der Waals surface area (Å²) in [6, 6.07) is 17.1. The van der Waals surface area contributed by atoms with Crippen LogP contribution in [0.2, 0.25) is 5.02 Å². The van der Waals surface area contributed by atoms with Gasteiger partial charge in [0.05, 0.1) is 26.4 Å². The third-order valence-corrected chi connectivity index (χ3v) is 8.22. The van der Waals surface area contributed by atoms with E-state index in [2.05, 4.69) is 15.4 Å². The maximum Gasteiger partial charge on any atom is 0.261 e. The molecule has 34 heavy (non-hydrogen) atoms. The van der Waals surface area contributed by atoms with Gasteiger partial charge in [0, 0.05) is 30.2 Å². The van der Waals surface area contributed by atoms with E-state index in [1.165, 1.54) is 40.5 Å². The first-order chi connectivity index (χ1) is 16.4. The van der Waals surface area contributed by atoms with Crippen LogP contribution >= 0.6 is 22.9 Å². The Hall–Kier alpha value is -3.53. The number of hydrogen-bond donors (Lipinski definition) is 1. The quantitative estimate of drug-likeness (QED) is 0.352. The van der Waals surface area contributed by atoms with Crippen LogP contribution in [-0.4, -0.2) is 29.1 Å². The van der Waals surface area contributed by atoms with Crippen molar-refractivity contribution in [3.63, 3.8) is 0 Å². The molecule has 5 rings (SSSR count). The summed E-state index contributed by atoms with van der Waals surface area (Å²) in [4.78, 5) is 17.4. The first-order valence-corrected chi connectivity index (χ1v) is 12.8. The van der Waals surface area contributed by atoms with E-state index >= 15 is 0 Å². The van der Waals surface area contributed by atoms with Gasteiger partial charge in [0.1, 0.15) is 4.90 Å². The molecule has 0 aliphatic heterocycles. The van der Waals surface area contributed by atoms with E-state index in [1.807, 2.05) is 12.1 Å². The molecule has 0 atom stereocenters. The fraction of sp³-hybridized carbons (Fsp3) is 0.0417. The molecule has 3 heterocycles. The molecule has 3 aromatic heterocycles. The fourth-order valence-corrected chi connectivity index (χ4v) is 5.71. The summed E-state index contributed by atoms with van der Waals surface area (Å²) in [6.45, 7) is 0.276. The largest absolute Gasteiger partial charge is 0.347 e. The first kappa shape index (κ1) is 22.3. The van der Waals surface area contributed by atoms with Crippen LogP contribution < -0.4 is 5.32 Å². The molecule has 0 aliphatic rings. The molecule has 1 N–H and O–H groups in total. The Morgan fingerprint density at radius 3 is 2.62 bits per heavy atom. The van der Waals surface area contributed by atoms with Crippen molar-refractivity contribution >= 4 is 48.8 Å². The number of nitrogens with one attached hydrogen (secondary N) is 1. The topological polar surface area (TPSA) is 94.0 Å². The third-order valence-electron chi connectivity index (χ3n) is 5.18. The van der Waals surface area contributed by atoms with E-state index in [4.69, 9.17) is 11.6 Å². The first-order valence-electron chi connectivity index (χ1n) is 10.2. The molecule has 2 aromatic carbocycles. The van der Waals surface area contributed by atoms with Gasteiger partial charge in [-0.15, -0.1) is 11.3 Å². The molecule has 0 saturated heterocycles. The summed E-state index contributed by atoms with van der Waals surface area (Å²) in [5.74, 6) is -0.189. The Balaban J connectivity index is 1.28. The van der Waals surface area contributed by atoms with Gasteiger partial charge in [0.25, 0.3) is 5.91 Å². The van der Waals surface area contributed by atoms with Gasteiger partial charge in [0.15, 0.2) is 0 Å². The fourth-order valence-electron chi connectivity index (χ4n) is 3.39. The van der Waals surface area contributed by atoms with Crippen LogP contribution in [0.15, 0.2) is 95.2 Å². The number of carbonyl (C=O) groups excluding carboxylic acids is 1. The molecule has 1 amide bonds. The number of pyridine rings is 1. The molecule has 10 heteroatoms. The van der Waals surface area contributed by atoms with Crippen molar-refractivity contribution in [1.29, 1.82) is 0 Å². The Morgan fingerprint density at radius 2 is 1.85 bits per heavy atom. The van der Waals surface area contributed by atoms with Gasteiger partial charge < -0.3 is 5.32 Å². The lowest BCUT2D eigenvalue weighted by Crippen LogP contribution is -2.21. The molecular weight excluding hydrogens is 492 g/mol. The van der Waals surface area contributed by atoms with Crippen LogP contribution in [-0.2, 0) is 16.4 Å². The van der Waals surface area contributed by atoms with Crippen LogP contribution in [0.5, 0.6) is 0 Å². The number of aromatic nitrogens is 3. The maximum atomic E-state index is 13.0. The highest BCUT2D eigenvalue weighted by Crippen LogP contribution is 2.25. The Kier molecular flexibility index (Phi) is 5.91. The number of halogens is 1. The highest BCUT2D eigenvalue weighted by atomic mass is 35.5. The summed E-state index contributed by atoms with van der Waals surface area (Å²) in [5, 5.41) is 8.53. The number of thiophene rings is 1. The number of hydrogen-bond acceptors (Lipinski definition) is 6. The monoisotopic (exact) mass is 508 g/mol. The SMILES string of the molecule is O=C(NCc1ccc(S(=O)(=O)c2cnn(-c3cccc(Cl)c3)c2)cc1)c1cc2ccncc2s1. The number of rotatable bonds is 6. The van der Waals surface area contributed by atoms with Crippen LogP contribution in [0.3, 0.4) is 0 Å². The van der Waals surface area contributed by atoms with E-state index in [9.17, 15) is 13.2 Å². The van der Waals surface area contributed by atoms with Gasteiger partial charge in [-0.05, 0) is 53.4 Å². The second-order valence-corrected chi connectivity index (χ2v) is 10.9. The maximum absolute atomic E-state index is 13.0. The van der Waals surface area contributed by atoms with Crippen LogP contribution in [0.1, 0.15) is 15.2 Å². The van der Waals surface area contributed by atoms with Crippen LogP contribution in [0.4, 0.5) is 0 Å². The predicted octanol–water partition coefficient (Wildman–Crippen LogP) is 4.90. The second-order valence-electron chi connectivity index (χ2n) is 7.45. The van der Waals surface area contributed by atoms with Gasteiger partial charge in [-0.2, -0.15) is 5.10 Å². The van der Waals surface area contributed by atoms with Crippen molar-refractivity contribution in [3.05, 3.63) is 101 Å². The lowest BCUT2D eigenvalue weighted by Gasteiger charge is -2.06. The van der Waals surface area contributed by atoms with E-state index < -0.39 is 9.84 Å². The molecular formula is C24H17ClN4O3S2. The molecule has 0 bridgehead atoms. The number of carbonyl (C=O) groups is 1. The molecule has 0 radical (unpaired) electrons. The number of sulfone groups is 1. The lowest BCUT2D eigenvalue weighted by molar-refractivity contribution is 0.0955. The number of fused-ring (bicyclic) bond motifs is 1. The molecule has 0 saturated carbocycles. The third kappa shape index (κ3) is 4.45. The molecule has 170 valence electrons. The minimum absolute atomic E-state index is 0.0766. The minimum Gasteiger partial charge on any atom is -0.347 e. The van der Waals surface area contributed by atoms with Crippen molar-refractivity contribution in [3.8, 4) is 5.69 Å². The van der Waals surface area contributed by atoms with Gasteiger partial charge in [-0.25, -0.2) is 13.1 Å². The Bertz CT molecular complexity index is 1580. The zero-order chi connectivity index (χ0) is 23.7. The van der Waals surface area contributed by atoms with Crippen molar-refractivity contribution in [2.75, 3.05) is 0 Å². The van der Waals surface area contributed by atoms with Gasteiger partial charge in [-0.1, -0.05) is 29.8 Å². The van der Waals surface area contributed by atoms with Crippen molar-refractivity contribution in [2.24, 2.45) is 0 Å². The summed E-state index contributed by atoms with van der Waals surface area (Å²) in [6.07, 6.45) is 6.18. The van der Waals surface area contributed by atoms with E-state index in [-0.39, 0.29) is 22.2 Å². The smallest absolute Gasteiger partial charge is 0.261 e. The molecule has 7 nitrogen and oxygen atoms in total. The molecule has 0 fully saturated rings. The predicted molar refractivity (Wildman–Crippen MR) is 131 cm³/mol. The highest BCUT2D eigenvalue weighted by Gasteiger charge is 2.20. The van der Waals surface area contributed by atoms with Crippen LogP contribution in [0.25, 0.3) is 15.8 Å². The van der Waals surface area contributed by atoms with Gasteiger partial charge in [-0.3, -0.25) is 9.78 Å². The van der Waals surface area contributed by atoms with Gasteiger partial charge in [0.2, 0.25) is 9.84 Å². The zero-order valence-electron chi connectivity index (χ0n) is 17.6. The minimum atomic E-state index is -3.75. The van der Waals surface area contributed by atoms with Crippen LogP contribution in [0, 0.1) is 0 Å². The average molecular weight is 509 g/mol. The summed E-state index contributed by atoms with van der Waals surface area (Å²) in [7, 11) is -3.75. The van der Waals surface area contributed by atoms with E-state index in [0.29, 0.717) is 15.6 Å². The molecule has 0 aliphatic carbocycles.